The average molecular weight is 252 g/mol. The summed E-state index contributed by atoms with van der Waals surface area (Å²) in [6.45, 7) is 4.16. The van der Waals surface area contributed by atoms with Crippen molar-refractivity contribution < 1.29 is 27.0 Å². The van der Waals surface area contributed by atoms with E-state index in [1.807, 2.05) is 0 Å². The van der Waals surface area contributed by atoms with Gasteiger partial charge in [-0.05, 0) is 0 Å². The topological polar surface area (TPSA) is 80.7 Å². The maximum Gasteiger partial charge on any atom is 0.330 e. The van der Waals surface area contributed by atoms with E-state index in [4.69, 9.17) is 9.29 Å². The minimum atomic E-state index is -3.94. The zero-order valence-corrected chi connectivity index (χ0v) is 10.4. The van der Waals surface area contributed by atoms with E-state index in [1.165, 1.54) is 0 Å². The lowest BCUT2D eigenvalue weighted by atomic mass is 10.4. The van der Waals surface area contributed by atoms with E-state index in [2.05, 4.69) is 6.58 Å². The molecule has 0 aliphatic carbocycles. The number of esters is 1. The molecule has 0 aliphatic rings. The summed E-state index contributed by atoms with van der Waals surface area (Å²) in [5, 5.41) is 0. The highest BCUT2D eigenvalue weighted by Gasteiger charge is 2.19. The molecule has 6 nitrogen and oxygen atoms in total. The first-order chi connectivity index (χ1) is 7.16. The fourth-order valence-corrected chi connectivity index (χ4v) is 1.65. The van der Waals surface area contributed by atoms with E-state index in [0.717, 1.165) is 6.08 Å². The minimum absolute atomic E-state index is 0.184. The first kappa shape index (κ1) is 15.1. The van der Waals surface area contributed by atoms with Gasteiger partial charge in [-0.1, -0.05) is 6.58 Å². The second-order valence-corrected chi connectivity index (χ2v) is 5.61. The van der Waals surface area contributed by atoms with Crippen LogP contribution in [0.25, 0.3) is 0 Å². The van der Waals surface area contributed by atoms with Gasteiger partial charge in [0.2, 0.25) is 0 Å². The third-order valence-electron chi connectivity index (χ3n) is 2.06. The molecule has 0 amide bonds. The summed E-state index contributed by atoms with van der Waals surface area (Å²) in [4.78, 5) is 10.7. The molecule has 0 saturated carbocycles. The molecule has 94 valence electrons. The van der Waals surface area contributed by atoms with E-state index >= 15 is 0 Å². The molecule has 0 rings (SSSR count). The monoisotopic (exact) mass is 252 g/mol. The third-order valence-corrected chi connectivity index (χ3v) is 2.76. The predicted octanol–water partition coefficient (Wildman–Crippen LogP) is -0.320. The summed E-state index contributed by atoms with van der Waals surface area (Å²) in [5.74, 6) is -0.815. The Kier molecular flexibility index (Phi) is 5.63. The molecular weight excluding hydrogens is 234 g/mol. The van der Waals surface area contributed by atoms with E-state index in [1.54, 1.807) is 14.1 Å². The fraction of sp³-hybridized carbons (Fsp3) is 0.667. The molecule has 0 bridgehead atoms. The number of carbonyl (C=O) groups is 1. The maximum absolute atomic E-state index is 10.7. The van der Waals surface area contributed by atoms with E-state index in [9.17, 15) is 13.2 Å². The SMILES string of the molecule is C=CC(=O)OCC[N+](C)(C)CCS(=O)(=O)O. The summed E-state index contributed by atoms with van der Waals surface area (Å²) < 4.78 is 34.8. The van der Waals surface area contributed by atoms with Crippen molar-refractivity contribution >= 4 is 16.1 Å². The van der Waals surface area contributed by atoms with Gasteiger partial charge in [0.1, 0.15) is 18.9 Å². The quantitative estimate of drug-likeness (QED) is 0.291. The Morgan fingerprint density at radius 1 is 1.44 bits per heavy atom. The van der Waals surface area contributed by atoms with Crippen LogP contribution in [0.4, 0.5) is 0 Å². The summed E-state index contributed by atoms with van der Waals surface area (Å²) in [7, 11) is -0.374. The van der Waals surface area contributed by atoms with Crippen LogP contribution in [0.2, 0.25) is 0 Å². The Bertz CT molecular complexity index is 347. The van der Waals surface area contributed by atoms with Gasteiger partial charge in [0.05, 0.1) is 20.6 Å². The van der Waals surface area contributed by atoms with Gasteiger partial charge in [0.15, 0.2) is 0 Å². The number of rotatable bonds is 7. The van der Waals surface area contributed by atoms with Crippen molar-refractivity contribution in [2.75, 3.05) is 39.5 Å². The molecule has 0 atom stereocenters. The number of likely N-dealkylation sites (N-methyl/N-ethyl adjacent to an activating group) is 1. The Labute approximate surface area is 95.8 Å². The van der Waals surface area contributed by atoms with Gasteiger partial charge in [-0.3, -0.25) is 4.55 Å². The van der Waals surface area contributed by atoms with Crippen LogP contribution in [0.3, 0.4) is 0 Å². The lowest BCUT2D eigenvalue weighted by Gasteiger charge is -2.28. The number of hydrogen-bond donors (Lipinski definition) is 1. The smallest absolute Gasteiger partial charge is 0.330 e. The van der Waals surface area contributed by atoms with Crippen LogP contribution in [-0.4, -0.2) is 63.0 Å². The molecule has 0 aromatic carbocycles. The average Bonchev–Trinajstić information content (AvgIpc) is 2.13. The third kappa shape index (κ3) is 8.39. The lowest BCUT2D eigenvalue weighted by molar-refractivity contribution is -0.888. The first-order valence-electron chi connectivity index (χ1n) is 4.73. The van der Waals surface area contributed by atoms with Crippen LogP contribution in [0.5, 0.6) is 0 Å². The summed E-state index contributed by atoms with van der Waals surface area (Å²) >= 11 is 0. The summed E-state index contributed by atoms with van der Waals surface area (Å²) in [6, 6.07) is 0. The zero-order chi connectivity index (χ0) is 12.8. The molecule has 0 aliphatic heterocycles. The second-order valence-electron chi connectivity index (χ2n) is 4.04. The lowest BCUT2D eigenvalue weighted by Crippen LogP contribution is -2.45. The van der Waals surface area contributed by atoms with Gasteiger partial charge < -0.3 is 9.22 Å². The second kappa shape index (κ2) is 5.97. The Hall–Kier alpha value is -0.920. The molecule has 0 aromatic rings. The van der Waals surface area contributed by atoms with Gasteiger partial charge >= 0.3 is 5.97 Å². The van der Waals surface area contributed by atoms with Crippen molar-refractivity contribution in [1.29, 1.82) is 0 Å². The molecular formula is C9H18NO5S+. The molecule has 0 heterocycles. The molecule has 0 spiro atoms. The highest BCUT2D eigenvalue weighted by Crippen LogP contribution is 1.98. The van der Waals surface area contributed by atoms with Gasteiger partial charge in [-0.2, -0.15) is 8.42 Å². The minimum Gasteiger partial charge on any atom is -0.457 e. The van der Waals surface area contributed by atoms with Crippen molar-refractivity contribution in [2.24, 2.45) is 0 Å². The Morgan fingerprint density at radius 2 is 2.00 bits per heavy atom. The van der Waals surface area contributed by atoms with Crippen molar-refractivity contribution in [2.45, 2.75) is 0 Å². The van der Waals surface area contributed by atoms with Crippen LogP contribution in [0.15, 0.2) is 12.7 Å². The summed E-state index contributed by atoms with van der Waals surface area (Å²) in [5.41, 5.74) is 0. The van der Waals surface area contributed by atoms with Crippen LogP contribution >= 0.6 is 0 Å². The van der Waals surface area contributed by atoms with Crippen LogP contribution in [-0.2, 0) is 19.6 Å². The number of hydrogen-bond acceptors (Lipinski definition) is 4. The van der Waals surface area contributed by atoms with Gasteiger partial charge in [0.25, 0.3) is 10.1 Å². The maximum atomic E-state index is 10.7. The van der Waals surface area contributed by atoms with Crippen LogP contribution in [0.1, 0.15) is 0 Å². The van der Waals surface area contributed by atoms with Crippen molar-refractivity contribution in [3.63, 3.8) is 0 Å². The van der Waals surface area contributed by atoms with Crippen LogP contribution in [0, 0.1) is 0 Å². The molecule has 16 heavy (non-hydrogen) atoms. The molecule has 0 aromatic heterocycles. The van der Waals surface area contributed by atoms with Crippen molar-refractivity contribution in [3.8, 4) is 0 Å². The fourth-order valence-electron chi connectivity index (χ4n) is 0.927. The molecule has 7 heteroatoms. The highest BCUT2D eigenvalue weighted by molar-refractivity contribution is 7.85. The molecule has 1 N–H and O–H groups in total. The molecule has 0 saturated heterocycles. The van der Waals surface area contributed by atoms with Gasteiger partial charge in [-0.25, -0.2) is 4.79 Å². The highest BCUT2D eigenvalue weighted by atomic mass is 32.2. The Morgan fingerprint density at radius 3 is 2.44 bits per heavy atom. The van der Waals surface area contributed by atoms with Crippen LogP contribution < -0.4 is 0 Å². The van der Waals surface area contributed by atoms with Gasteiger partial charge in [0, 0.05) is 6.08 Å². The van der Waals surface area contributed by atoms with E-state index in [-0.39, 0.29) is 18.9 Å². The van der Waals surface area contributed by atoms with Crippen molar-refractivity contribution in [1.82, 2.24) is 0 Å². The standard InChI is InChI=1S/C9H17NO5S/c1-4-9(11)15-7-5-10(2,3)6-8-16(12,13)14/h4H,1,5-8H2,2-3H3/p+1. The first-order valence-corrected chi connectivity index (χ1v) is 6.33. The number of nitrogens with zero attached hydrogens (tertiary/aromatic N) is 1. The predicted molar refractivity (Wildman–Crippen MR) is 59.4 cm³/mol. The molecule has 0 unspecified atom stereocenters. The number of quaternary nitrogens is 1. The molecule has 0 fully saturated rings. The summed E-state index contributed by atoms with van der Waals surface area (Å²) in [6.07, 6.45) is 1.07. The van der Waals surface area contributed by atoms with Gasteiger partial charge in [-0.15, -0.1) is 0 Å². The van der Waals surface area contributed by atoms with E-state index in [0.29, 0.717) is 11.0 Å². The largest absolute Gasteiger partial charge is 0.457 e. The number of ether oxygens (including phenoxy) is 1. The van der Waals surface area contributed by atoms with Crippen molar-refractivity contribution in [3.05, 3.63) is 12.7 Å². The molecule has 0 radical (unpaired) electrons. The normalized spacial score (nSPS) is 12.2. The van der Waals surface area contributed by atoms with E-state index < -0.39 is 16.1 Å². The zero-order valence-electron chi connectivity index (χ0n) is 9.55. The Balaban J connectivity index is 3.96. The number of carbonyl (C=O) groups excluding carboxylic acids is 1.